The molecule has 2 N–H and O–H groups in total. The maximum Gasteiger partial charge on any atom is 0.251 e. The molecule has 0 radical (unpaired) electrons. The van der Waals surface area contributed by atoms with Crippen molar-refractivity contribution in [2.24, 2.45) is 0 Å². The summed E-state index contributed by atoms with van der Waals surface area (Å²) in [6, 6.07) is 2.43. The summed E-state index contributed by atoms with van der Waals surface area (Å²) in [5, 5.41) is 12.0. The molecular formula is C15H20F2N2O3. The van der Waals surface area contributed by atoms with Gasteiger partial charge in [0.2, 0.25) is 5.91 Å². The second-order valence-corrected chi connectivity index (χ2v) is 5.56. The molecule has 0 unspecified atom stereocenters. The lowest BCUT2D eigenvalue weighted by Crippen LogP contribution is -2.46. The largest absolute Gasteiger partial charge is 0.389 e. The van der Waals surface area contributed by atoms with Gasteiger partial charge in [0.1, 0.15) is 11.6 Å². The molecule has 0 aromatic heterocycles. The molecule has 0 spiro atoms. The Morgan fingerprint density at radius 3 is 2.23 bits per heavy atom. The summed E-state index contributed by atoms with van der Waals surface area (Å²) in [7, 11) is 0. The summed E-state index contributed by atoms with van der Waals surface area (Å²) >= 11 is 0. The number of carbonyl (C=O) groups excluding carboxylic acids is 2. The van der Waals surface area contributed by atoms with Gasteiger partial charge in [-0.25, -0.2) is 8.78 Å². The minimum absolute atomic E-state index is 0.118. The van der Waals surface area contributed by atoms with Crippen LogP contribution in [-0.2, 0) is 4.79 Å². The van der Waals surface area contributed by atoms with E-state index in [1.807, 2.05) is 0 Å². The van der Waals surface area contributed by atoms with E-state index < -0.39 is 29.0 Å². The van der Waals surface area contributed by atoms with Gasteiger partial charge in [-0.15, -0.1) is 0 Å². The van der Waals surface area contributed by atoms with Crippen molar-refractivity contribution in [1.29, 1.82) is 0 Å². The van der Waals surface area contributed by atoms with Crippen molar-refractivity contribution < 1.29 is 23.5 Å². The molecule has 0 bridgehead atoms. The second kappa shape index (κ2) is 7.31. The molecule has 0 aliphatic carbocycles. The molecule has 0 fully saturated rings. The van der Waals surface area contributed by atoms with Crippen molar-refractivity contribution in [3.05, 3.63) is 35.4 Å². The second-order valence-electron chi connectivity index (χ2n) is 5.56. The van der Waals surface area contributed by atoms with Crippen LogP contribution in [0.25, 0.3) is 0 Å². The zero-order valence-electron chi connectivity index (χ0n) is 12.8. The molecule has 0 heterocycles. The Kier molecular flexibility index (Phi) is 5.99. The highest BCUT2D eigenvalue weighted by Gasteiger charge is 2.21. The van der Waals surface area contributed by atoms with E-state index >= 15 is 0 Å². The number of hydrogen-bond donors (Lipinski definition) is 2. The van der Waals surface area contributed by atoms with Crippen LogP contribution >= 0.6 is 0 Å². The number of nitrogens with one attached hydrogen (secondary N) is 1. The molecule has 0 aliphatic rings. The Balaban J connectivity index is 2.64. The standard InChI is InChI=1S/C15H20F2N2O3/c1-4-19(9-15(2,3)22)13(20)8-18-14(21)10-5-11(16)7-12(17)6-10/h5-7,22H,4,8-9H2,1-3H3,(H,18,21). The smallest absolute Gasteiger partial charge is 0.251 e. The fourth-order valence-corrected chi connectivity index (χ4v) is 1.90. The Hall–Kier alpha value is -2.02. The summed E-state index contributed by atoms with van der Waals surface area (Å²) in [4.78, 5) is 25.1. The van der Waals surface area contributed by atoms with Crippen LogP contribution in [0.3, 0.4) is 0 Å². The minimum atomic E-state index is -1.05. The molecule has 7 heteroatoms. The van der Waals surface area contributed by atoms with E-state index in [2.05, 4.69) is 5.32 Å². The van der Waals surface area contributed by atoms with Crippen LogP contribution in [0.4, 0.5) is 8.78 Å². The maximum atomic E-state index is 13.0. The van der Waals surface area contributed by atoms with Crippen molar-refractivity contribution in [1.82, 2.24) is 10.2 Å². The van der Waals surface area contributed by atoms with E-state index in [9.17, 15) is 23.5 Å². The van der Waals surface area contributed by atoms with Crippen LogP contribution in [-0.4, -0.2) is 47.1 Å². The highest BCUT2D eigenvalue weighted by Crippen LogP contribution is 2.08. The number of hydrogen-bond acceptors (Lipinski definition) is 3. The summed E-state index contributed by atoms with van der Waals surface area (Å²) < 4.78 is 26.1. The van der Waals surface area contributed by atoms with Crippen LogP contribution < -0.4 is 5.32 Å². The van der Waals surface area contributed by atoms with Crippen LogP contribution in [0, 0.1) is 11.6 Å². The van der Waals surface area contributed by atoms with Gasteiger partial charge in [0, 0.05) is 24.7 Å². The van der Waals surface area contributed by atoms with Crippen LogP contribution in [0.2, 0.25) is 0 Å². The SMILES string of the molecule is CCN(CC(C)(C)O)C(=O)CNC(=O)c1cc(F)cc(F)c1. The topological polar surface area (TPSA) is 69.6 Å². The van der Waals surface area contributed by atoms with Gasteiger partial charge in [-0.05, 0) is 32.9 Å². The first-order valence-corrected chi connectivity index (χ1v) is 6.87. The van der Waals surface area contributed by atoms with Gasteiger partial charge in [-0.2, -0.15) is 0 Å². The van der Waals surface area contributed by atoms with Crippen LogP contribution in [0.5, 0.6) is 0 Å². The Morgan fingerprint density at radius 2 is 1.77 bits per heavy atom. The number of carbonyl (C=O) groups is 2. The van der Waals surface area contributed by atoms with E-state index in [1.54, 1.807) is 20.8 Å². The lowest BCUT2D eigenvalue weighted by atomic mass is 10.1. The summed E-state index contributed by atoms with van der Waals surface area (Å²) in [5.74, 6) is -2.87. The van der Waals surface area contributed by atoms with Gasteiger partial charge >= 0.3 is 0 Å². The Bertz CT molecular complexity index is 536. The molecule has 1 rings (SSSR count). The molecule has 122 valence electrons. The highest BCUT2D eigenvalue weighted by atomic mass is 19.1. The van der Waals surface area contributed by atoms with Crippen molar-refractivity contribution in [3.63, 3.8) is 0 Å². The first-order chi connectivity index (χ1) is 10.1. The van der Waals surface area contributed by atoms with Crippen molar-refractivity contribution in [2.45, 2.75) is 26.4 Å². The molecule has 0 saturated carbocycles. The fourth-order valence-electron chi connectivity index (χ4n) is 1.90. The molecule has 1 aromatic carbocycles. The van der Waals surface area contributed by atoms with Crippen molar-refractivity contribution in [2.75, 3.05) is 19.6 Å². The van der Waals surface area contributed by atoms with Crippen LogP contribution in [0.15, 0.2) is 18.2 Å². The van der Waals surface area contributed by atoms with E-state index in [4.69, 9.17) is 0 Å². The third-order valence-corrected chi connectivity index (χ3v) is 2.84. The van der Waals surface area contributed by atoms with E-state index in [1.165, 1.54) is 4.90 Å². The van der Waals surface area contributed by atoms with Gasteiger partial charge in [0.25, 0.3) is 5.91 Å². The lowest BCUT2D eigenvalue weighted by molar-refractivity contribution is -0.132. The molecule has 0 atom stereocenters. The quantitative estimate of drug-likeness (QED) is 0.832. The number of aliphatic hydroxyl groups is 1. The first kappa shape index (κ1) is 18.0. The van der Waals surface area contributed by atoms with Crippen LogP contribution in [0.1, 0.15) is 31.1 Å². The number of nitrogens with zero attached hydrogens (tertiary/aromatic N) is 1. The first-order valence-electron chi connectivity index (χ1n) is 6.87. The molecule has 1 aromatic rings. The lowest BCUT2D eigenvalue weighted by Gasteiger charge is -2.28. The van der Waals surface area contributed by atoms with E-state index in [0.717, 1.165) is 12.1 Å². The minimum Gasteiger partial charge on any atom is -0.389 e. The maximum absolute atomic E-state index is 13.0. The molecule has 5 nitrogen and oxygen atoms in total. The molecule has 0 saturated heterocycles. The summed E-state index contributed by atoms with van der Waals surface area (Å²) in [5.41, 5.74) is -1.25. The molecule has 2 amide bonds. The molecule has 0 aliphatic heterocycles. The van der Waals surface area contributed by atoms with Gasteiger partial charge in [0.15, 0.2) is 0 Å². The zero-order chi connectivity index (χ0) is 16.9. The van der Waals surface area contributed by atoms with Gasteiger partial charge < -0.3 is 15.3 Å². The number of likely N-dealkylation sites (N-methyl/N-ethyl adjacent to an activating group) is 1. The third-order valence-electron chi connectivity index (χ3n) is 2.84. The van der Waals surface area contributed by atoms with E-state index in [-0.39, 0.29) is 18.7 Å². The third kappa shape index (κ3) is 5.77. The Labute approximate surface area is 127 Å². The summed E-state index contributed by atoms with van der Waals surface area (Å²) in [6.45, 7) is 5.04. The normalized spacial score (nSPS) is 11.2. The van der Waals surface area contributed by atoms with Crippen molar-refractivity contribution in [3.8, 4) is 0 Å². The number of amides is 2. The zero-order valence-corrected chi connectivity index (χ0v) is 12.8. The van der Waals surface area contributed by atoms with Gasteiger partial charge in [-0.3, -0.25) is 9.59 Å². The highest BCUT2D eigenvalue weighted by molar-refractivity contribution is 5.96. The number of rotatable bonds is 6. The van der Waals surface area contributed by atoms with Gasteiger partial charge in [-0.1, -0.05) is 0 Å². The van der Waals surface area contributed by atoms with E-state index in [0.29, 0.717) is 12.6 Å². The Morgan fingerprint density at radius 1 is 1.23 bits per heavy atom. The number of benzene rings is 1. The monoisotopic (exact) mass is 314 g/mol. The average Bonchev–Trinajstić information content (AvgIpc) is 2.39. The fraction of sp³-hybridized carbons (Fsp3) is 0.467. The predicted octanol–water partition coefficient (Wildman–Crippen LogP) is 1.31. The predicted molar refractivity (Wildman–Crippen MR) is 77.2 cm³/mol. The molecular weight excluding hydrogens is 294 g/mol. The average molecular weight is 314 g/mol. The van der Waals surface area contributed by atoms with Gasteiger partial charge in [0.05, 0.1) is 12.1 Å². The van der Waals surface area contributed by atoms with Crippen molar-refractivity contribution >= 4 is 11.8 Å². The number of halogens is 2. The molecule has 22 heavy (non-hydrogen) atoms. The summed E-state index contributed by atoms with van der Waals surface area (Å²) in [6.07, 6.45) is 0.